The van der Waals surface area contributed by atoms with Crippen molar-refractivity contribution < 1.29 is 4.74 Å². The lowest BCUT2D eigenvalue weighted by Gasteiger charge is -2.48. The van der Waals surface area contributed by atoms with E-state index in [0.717, 1.165) is 18.9 Å². The first-order chi connectivity index (χ1) is 15.9. The van der Waals surface area contributed by atoms with Crippen LogP contribution in [-0.2, 0) is 6.61 Å². The van der Waals surface area contributed by atoms with E-state index in [1.54, 1.807) is 24.4 Å². The first-order valence-corrected chi connectivity index (χ1v) is 12.5. The number of nitrogens with zero attached hydrogens (tertiary/aromatic N) is 3. The number of nitrogens with one attached hydrogen (secondary N) is 1. The Labute approximate surface area is 207 Å². The van der Waals surface area contributed by atoms with Gasteiger partial charge in [-0.3, -0.25) is 10.4 Å². The highest BCUT2D eigenvalue weighted by Crippen LogP contribution is 2.44. The molecule has 1 spiro atoms. The van der Waals surface area contributed by atoms with Crippen molar-refractivity contribution in [3.8, 4) is 5.75 Å². The summed E-state index contributed by atoms with van der Waals surface area (Å²) in [6, 6.07) is 9.17. The van der Waals surface area contributed by atoms with Gasteiger partial charge in [-0.05, 0) is 42.5 Å². The molecule has 0 atom stereocenters. The molecular formula is C24H23Cl2N5OS. The number of thioether (sulfide) groups is 1. The standard InChI is InChI=1S/C24H23Cl2N5OS/c25-19-9-29-10-20(26)18(19)11-32-16-2-3-21(27)17(7-16)23(28)15-1-4-22(30-8-15)31-12-24(13-31)5-6-33-14-24/h1-4,7-10,28H,5-6,11-14,27H2. The second-order valence-corrected chi connectivity index (χ2v) is 10.5. The van der Waals surface area contributed by atoms with Gasteiger partial charge < -0.3 is 15.4 Å². The highest BCUT2D eigenvalue weighted by atomic mass is 35.5. The maximum Gasteiger partial charge on any atom is 0.128 e. The number of hydrogen-bond donors (Lipinski definition) is 2. The summed E-state index contributed by atoms with van der Waals surface area (Å²) >= 11 is 14.4. The molecule has 9 heteroatoms. The zero-order valence-electron chi connectivity index (χ0n) is 17.9. The van der Waals surface area contributed by atoms with Gasteiger partial charge >= 0.3 is 0 Å². The Hall–Kier alpha value is -2.48. The Kier molecular flexibility index (Phi) is 6.12. The zero-order valence-corrected chi connectivity index (χ0v) is 20.2. The van der Waals surface area contributed by atoms with E-state index >= 15 is 0 Å². The number of pyridine rings is 2. The summed E-state index contributed by atoms with van der Waals surface area (Å²) in [5.74, 6) is 4.05. The van der Waals surface area contributed by atoms with Gasteiger partial charge in [0.05, 0.1) is 15.8 Å². The van der Waals surface area contributed by atoms with Crippen LogP contribution in [0.15, 0.2) is 48.9 Å². The van der Waals surface area contributed by atoms with Gasteiger partial charge in [0, 0.05) is 65.2 Å². The number of ether oxygens (including phenoxy) is 1. The van der Waals surface area contributed by atoms with Crippen molar-refractivity contribution in [1.82, 2.24) is 9.97 Å². The molecule has 2 aliphatic heterocycles. The summed E-state index contributed by atoms with van der Waals surface area (Å²) in [5.41, 5.74) is 9.40. The highest BCUT2D eigenvalue weighted by molar-refractivity contribution is 7.99. The fourth-order valence-electron chi connectivity index (χ4n) is 4.27. The monoisotopic (exact) mass is 499 g/mol. The van der Waals surface area contributed by atoms with Crippen LogP contribution in [0.25, 0.3) is 0 Å². The number of nitrogens with two attached hydrogens (primary N) is 1. The van der Waals surface area contributed by atoms with Crippen molar-refractivity contribution in [2.45, 2.75) is 13.0 Å². The van der Waals surface area contributed by atoms with Crippen molar-refractivity contribution in [3.05, 3.63) is 75.7 Å². The molecule has 0 radical (unpaired) electrons. The van der Waals surface area contributed by atoms with Gasteiger partial charge in [0.2, 0.25) is 0 Å². The van der Waals surface area contributed by atoms with E-state index in [1.807, 2.05) is 12.1 Å². The van der Waals surface area contributed by atoms with E-state index in [2.05, 4.69) is 26.6 Å². The summed E-state index contributed by atoms with van der Waals surface area (Å²) < 4.78 is 5.88. The lowest BCUT2D eigenvalue weighted by atomic mass is 9.79. The van der Waals surface area contributed by atoms with Gasteiger partial charge in [0.1, 0.15) is 18.2 Å². The van der Waals surface area contributed by atoms with Crippen LogP contribution < -0.4 is 15.4 Å². The number of hydrogen-bond acceptors (Lipinski definition) is 7. The van der Waals surface area contributed by atoms with Crippen molar-refractivity contribution in [2.75, 3.05) is 35.2 Å². The fourth-order valence-corrected chi connectivity index (χ4v) is 6.23. The quantitative estimate of drug-likeness (QED) is 0.353. The average molecular weight is 500 g/mol. The molecule has 33 heavy (non-hydrogen) atoms. The average Bonchev–Trinajstić information content (AvgIpc) is 3.29. The van der Waals surface area contributed by atoms with E-state index in [9.17, 15) is 0 Å². The second kappa shape index (κ2) is 9.05. The van der Waals surface area contributed by atoms with Crippen LogP contribution in [-0.4, -0.2) is 40.3 Å². The maximum absolute atomic E-state index is 8.70. The molecule has 0 bridgehead atoms. The highest BCUT2D eigenvalue weighted by Gasteiger charge is 2.45. The SMILES string of the molecule is N=C(c1ccc(N2CC3(CCSC3)C2)nc1)c1cc(OCc2c(Cl)cncc2Cl)ccc1N. The van der Waals surface area contributed by atoms with Gasteiger partial charge in [-0.25, -0.2) is 4.98 Å². The molecular weight excluding hydrogens is 477 g/mol. The Morgan fingerprint density at radius 3 is 2.61 bits per heavy atom. The summed E-state index contributed by atoms with van der Waals surface area (Å²) in [6.45, 7) is 2.33. The van der Waals surface area contributed by atoms with Gasteiger partial charge in [-0.1, -0.05) is 23.2 Å². The molecule has 170 valence electrons. The predicted octanol–water partition coefficient (Wildman–Crippen LogP) is 5.30. The van der Waals surface area contributed by atoms with Gasteiger partial charge in [0.15, 0.2) is 0 Å². The molecule has 0 unspecified atom stereocenters. The Morgan fingerprint density at radius 2 is 1.94 bits per heavy atom. The van der Waals surface area contributed by atoms with Gasteiger partial charge in [-0.15, -0.1) is 0 Å². The van der Waals surface area contributed by atoms with Crippen molar-refractivity contribution in [3.63, 3.8) is 0 Å². The number of anilines is 2. The Balaban J connectivity index is 1.28. The van der Waals surface area contributed by atoms with Crippen molar-refractivity contribution >= 4 is 52.2 Å². The molecule has 0 amide bonds. The molecule has 4 heterocycles. The van der Waals surface area contributed by atoms with Crippen LogP contribution in [0.3, 0.4) is 0 Å². The second-order valence-electron chi connectivity index (χ2n) is 8.56. The topological polar surface area (TPSA) is 88.1 Å². The molecule has 6 nitrogen and oxygen atoms in total. The zero-order chi connectivity index (χ0) is 23.0. The van der Waals surface area contributed by atoms with Crippen molar-refractivity contribution in [2.24, 2.45) is 5.41 Å². The van der Waals surface area contributed by atoms with Gasteiger partial charge in [0.25, 0.3) is 0 Å². The summed E-state index contributed by atoms with van der Waals surface area (Å²) in [7, 11) is 0. The maximum atomic E-state index is 8.70. The van der Waals surface area contributed by atoms with Crippen LogP contribution in [0.2, 0.25) is 10.0 Å². The third-order valence-electron chi connectivity index (χ3n) is 6.23. The summed E-state index contributed by atoms with van der Waals surface area (Å²) in [4.78, 5) is 10.9. The molecule has 3 aromatic rings. The fraction of sp³-hybridized carbons (Fsp3) is 0.292. The summed E-state index contributed by atoms with van der Waals surface area (Å²) in [6.07, 6.45) is 6.10. The minimum absolute atomic E-state index is 0.183. The van der Waals surface area contributed by atoms with Crippen LogP contribution in [0.5, 0.6) is 5.75 Å². The third-order valence-corrected chi connectivity index (χ3v) is 8.19. The smallest absolute Gasteiger partial charge is 0.128 e. The number of aromatic nitrogens is 2. The Morgan fingerprint density at radius 1 is 1.15 bits per heavy atom. The van der Waals surface area contributed by atoms with Gasteiger partial charge in [-0.2, -0.15) is 11.8 Å². The first kappa shape index (κ1) is 22.3. The van der Waals surface area contributed by atoms with E-state index in [4.69, 9.17) is 39.1 Å². The molecule has 2 fully saturated rings. The molecule has 3 N–H and O–H groups in total. The number of benzene rings is 1. The molecule has 2 aromatic heterocycles. The van der Waals surface area contributed by atoms with E-state index < -0.39 is 0 Å². The van der Waals surface area contributed by atoms with E-state index in [-0.39, 0.29) is 6.61 Å². The van der Waals surface area contributed by atoms with Crippen molar-refractivity contribution in [1.29, 1.82) is 5.41 Å². The summed E-state index contributed by atoms with van der Waals surface area (Å²) in [5, 5.41) is 9.58. The molecule has 5 rings (SSSR count). The Bertz CT molecular complexity index is 1170. The van der Waals surface area contributed by atoms with Crippen LogP contribution in [0.1, 0.15) is 23.1 Å². The predicted molar refractivity (Wildman–Crippen MR) is 136 cm³/mol. The van der Waals surface area contributed by atoms with Crippen LogP contribution >= 0.6 is 35.0 Å². The molecule has 2 aliphatic rings. The van der Waals surface area contributed by atoms with Crippen LogP contribution in [0, 0.1) is 10.8 Å². The lowest BCUT2D eigenvalue weighted by molar-refractivity contribution is 0.252. The molecule has 0 saturated carbocycles. The molecule has 1 aromatic carbocycles. The number of rotatable bonds is 6. The third kappa shape index (κ3) is 4.50. The minimum atomic E-state index is 0.183. The number of nitrogen functional groups attached to an aromatic ring is 1. The molecule has 2 saturated heterocycles. The van der Waals surface area contributed by atoms with Crippen LogP contribution in [0.4, 0.5) is 11.5 Å². The lowest BCUT2D eigenvalue weighted by Crippen LogP contribution is -2.56. The largest absolute Gasteiger partial charge is 0.489 e. The van der Waals surface area contributed by atoms with E-state index in [0.29, 0.717) is 49.3 Å². The number of halogens is 2. The minimum Gasteiger partial charge on any atom is -0.489 e. The molecule has 0 aliphatic carbocycles. The first-order valence-electron chi connectivity index (χ1n) is 10.6. The van der Waals surface area contributed by atoms with E-state index in [1.165, 1.54) is 30.3 Å². The normalized spacial score (nSPS) is 16.6.